The Hall–Kier alpha value is -3.95. The maximum Gasteiger partial charge on any atom is 0.350 e. The molecule has 1 atom stereocenters. The first kappa shape index (κ1) is 19.4. The number of carbonyl (C=O) groups excluding carboxylic acids is 2. The third-order valence-corrected chi connectivity index (χ3v) is 4.73. The van der Waals surface area contributed by atoms with E-state index in [1.54, 1.807) is 48.7 Å². The molecule has 1 saturated heterocycles. The number of carbonyl (C=O) groups is 2. The molecule has 0 aliphatic carbocycles. The maximum atomic E-state index is 12.5. The zero-order valence-electron chi connectivity index (χ0n) is 16.1. The third kappa shape index (κ3) is 4.37. The van der Waals surface area contributed by atoms with E-state index in [0.29, 0.717) is 30.0 Å². The van der Waals surface area contributed by atoms with Gasteiger partial charge in [-0.3, -0.25) is 14.6 Å². The Morgan fingerprint density at radius 2 is 1.93 bits per heavy atom. The van der Waals surface area contributed by atoms with Crippen molar-refractivity contribution >= 4 is 23.5 Å². The van der Waals surface area contributed by atoms with Crippen molar-refractivity contribution in [3.05, 3.63) is 64.7 Å². The van der Waals surface area contributed by atoms with Crippen LogP contribution >= 0.6 is 0 Å². The molecule has 4 N–H and O–H groups in total. The highest BCUT2D eigenvalue weighted by atomic mass is 16.2. The van der Waals surface area contributed by atoms with Crippen molar-refractivity contribution in [2.24, 2.45) is 0 Å². The first-order chi connectivity index (χ1) is 14.6. The van der Waals surface area contributed by atoms with E-state index in [0.717, 1.165) is 17.5 Å². The van der Waals surface area contributed by atoms with Crippen LogP contribution in [-0.2, 0) is 4.79 Å². The average Bonchev–Trinajstić information content (AvgIpc) is 3.00. The summed E-state index contributed by atoms with van der Waals surface area (Å²) in [4.78, 5) is 43.3. The average molecular weight is 407 g/mol. The van der Waals surface area contributed by atoms with Gasteiger partial charge in [0.1, 0.15) is 6.04 Å². The minimum Gasteiger partial charge on any atom is -0.354 e. The normalized spacial score (nSPS) is 16.4. The first-order valence-electron chi connectivity index (χ1n) is 9.66. The molecule has 154 valence electrons. The largest absolute Gasteiger partial charge is 0.354 e. The van der Waals surface area contributed by atoms with Gasteiger partial charge in [0, 0.05) is 24.0 Å². The van der Waals surface area contributed by atoms with Crippen LogP contribution in [0.15, 0.2) is 53.5 Å². The number of H-pyrrole nitrogens is 1. The Kier molecular flexibility index (Phi) is 5.55. The van der Waals surface area contributed by atoms with Crippen LogP contribution in [0.1, 0.15) is 29.6 Å². The van der Waals surface area contributed by atoms with Crippen molar-refractivity contribution in [3.8, 4) is 5.82 Å². The van der Waals surface area contributed by atoms with E-state index in [1.807, 2.05) is 0 Å². The van der Waals surface area contributed by atoms with Crippen LogP contribution in [0.2, 0.25) is 0 Å². The maximum absolute atomic E-state index is 12.5. The number of benzene rings is 1. The van der Waals surface area contributed by atoms with Gasteiger partial charge in [-0.1, -0.05) is 6.07 Å². The molecule has 1 unspecified atom stereocenters. The quantitative estimate of drug-likeness (QED) is 0.500. The van der Waals surface area contributed by atoms with Gasteiger partial charge in [-0.25, -0.2) is 9.78 Å². The summed E-state index contributed by atoms with van der Waals surface area (Å²) in [5, 5.41) is 12.7. The Morgan fingerprint density at radius 1 is 1.10 bits per heavy atom. The summed E-state index contributed by atoms with van der Waals surface area (Å²) >= 11 is 0. The zero-order valence-corrected chi connectivity index (χ0v) is 16.1. The Labute approximate surface area is 171 Å². The summed E-state index contributed by atoms with van der Waals surface area (Å²) in [5.41, 5.74) is 0.652. The summed E-state index contributed by atoms with van der Waals surface area (Å²) < 4.78 is 1.15. The standard InChI is InChI=1S/C20H21N7O3/c28-17(24-15-5-1-3-12-22-18(15)29)13-7-9-14(10-8-13)23-19-25-20(30)27(26-19)16-6-2-4-11-21-16/h2,4,6-11,15H,1,3,5,12H2,(H,22,29)(H,24,28)(H2,23,25,26,30). The minimum atomic E-state index is -0.515. The second-order valence-corrected chi connectivity index (χ2v) is 6.89. The first-order valence-corrected chi connectivity index (χ1v) is 9.66. The summed E-state index contributed by atoms with van der Waals surface area (Å²) in [7, 11) is 0. The predicted molar refractivity (Wildman–Crippen MR) is 110 cm³/mol. The summed E-state index contributed by atoms with van der Waals surface area (Å²) in [5.74, 6) is 0.197. The Balaban J connectivity index is 1.42. The van der Waals surface area contributed by atoms with Gasteiger partial charge < -0.3 is 16.0 Å². The van der Waals surface area contributed by atoms with Crippen molar-refractivity contribution in [2.45, 2.75) is 25.3 Å². The van der Waals surface area contributed by atoms with E-state index in [-0.39, 0.29) is 17.8 Å². The Bertz CT molecular complexity index is 1090. The second-order valence-electron chi connectivity index (χ2n) is 6.89. The van der Waals surface area contributed by atoms with Crippen LogP contribution in [0.3, 0.4) is 0 Å². The molecular weight excluding hydrogens is 386 g/mol. The number of hydrogen-bond donors (Lipinski definition) is 4. The molecule has 3 aromatic rings. The van der Waals surface area contributed by atoms with Crippen LogP contribution in [0.25, 0.3) is 5.82 Å². The van der Waals surface area contributed by atoms with Gasteiger partial charge in [-0.2, -0.15) is 4.68 Å². The molecule has 0 radical (unpaired) electrons. The molecule has 2 amide bonds. The molecule has 10 heteroatoms. The number of anilines is 2. The van der Waals surface area contributed by atoms with Gasteiger partial charge in [0.25, 0.3) is 5.91 Å². The number of aromatic amines is 1. The Morgan fingerprint density at radius 3 is 2.70 bits per heavy atom. The molecule has 1 aromatic carbocycles. The van der Waals surface area contributed by atoms with Gasteiger partial charge in [-0.05, 0) is 55.7 Å². The van der Waals surface area contributed by atoms with E-state index < -0.39 is 11.7 Å². The molecule has 10 nitrogen and oxygen atoms in total. The summed E-state index contributed by atoms with van der Waals surface area (Å²) in [6.45, 7) is 0.643. The van der Waals surface area contributed by atoms with E-state index in [4.69, 9.17) is 0 Å². The van der Waals surface area contributed by atoms with Crippen LogP contribution in [0, 0.1) is 0 Å². The van der Waals surface area contributed by atoms with Crippen molar-refractivity contribution in [2.75, 3.05) is 11.9 Å². The molecule has 1 aliphatic rings. The highest BCUT2D eigenvalue weighted by Crippen LogP contribution is 2.14. The highest BCUT2D eigenvalue weighted by molar-refractivity contribution is 5.97. The van der Waals surface area contributed by atoms with Gasteiger partial charge in [-0.15, -0.1) is 5.10 Å². The van der Waals surface area contributed by atoms with Crippen LogP contribution in [0.5, 0.6) is 0 Å². The van der Waals surface area contributed by atoms with Crippen molar-refractivity contribution in [1.82, 2.24) is 30.4 Å². The number of nitrogens with one attached hydrogen (secondary N) is 4. The lowest BCUT2D eigenvalue weighted by Crippen LogP contribution is -2.45. The molecule has 0 bridgehead atoms. The second kappa shape index (κ2) is 8.60. The highest BCUT2D eigenvalue weighted by Gasteiger charge is 2.22. The summed E-state index contributed by atoms with van der Waals surface area (Å²) in [6.07, 6.45) is 4.00. The number of aromatic nitrogens is 4. The van der Waals surface area contributed by atoms with Crippen molar-refractivity contribution < 1.29 is 9.59 Å². The smallest absolute Gasteiger partial charge is 0.350 e. The van der Waals surface area contributed by atoms with Crippen molar-refractivity contribution in [1.29, 1.82) is 0 Å². The molecule has 1 aliphatic heterocycles. The van der Waals surface area contributed by atoms with E-state index in [2.05, 4.69) is 31.0 Å². The fourth-order valence-electron chi connectivity index (χ4n) is 3.18. The number of amides is 2. The fraction of sp³-hybridized carbons (Fsp3) is 0.250. The van der Waals surface area contributed by atoms with Gasteiger partial charge in [0.2, 0.25) is 11.9 Å². The van der Waals surface area contributed by atoms with Gasteiger partial charge in [0.05, 0.1) is 0 Å². The number of rotatable bonds is 5. The lowest BCUT2D eigenvalue weighted by molar-refractivity contribution is -0.122. The van der Waals surface area contributed by atoms with E-state index in [9.17, 15) is 14.4 Å². The topological polar surface area (TPSA) is 134 Å². The monoisotopic (exact) mass is 407 g/mol. The van der Waals surface area contributed by atoms with Gasteiger partial charge >= 0.3 is 5.69 Å². The molecule has 0 saturated carbocycles. The minimum absolute atomic E-state index is 0.147. The predicted octanol–water partition coefficient (Wildman–Crippen LogP) is 1.10. The summed E-state index contributed by atoms with van der Waals surface area (Å²) in [6, 6.07) is 11.3. The van der Waals surface area contributed by atoms with Crippen molar-refractivity contribution in [3.63, 3.8) is 0 Å². The molecule has 0 spiro atoms. The lowest BCUT2D eigenvalue weighted by atomic mass is 10.1. The van der Waals surface area contributed by atoms with Gasteiger partial charge in [0.15, 0.2) is 5.82 Å². The lowest BCUT2D eigenvalue weighted by Gasteiger charge is -2.15. The molecule has 4 rings (SSSR count). The number of nitrogens with zero attached hydrogens (tertiary/aromatic N) is 3. The van der Waals surface area contributed by atoms with Crippen LogP contribution in [0.4, 0.5) is 11.6 Å². The zero-order chi connectivity index (χ0) is 20.9. The molecule has 1 fully saturated rings. The fourth-order valence-corrected chi connectivity index (χ4v) is 3.18. The van der Waals surface area contributed by atoms with E-state index in [1.165, 1.54) is 0 Å². The SMILES string of the molecule is O=C(NC1CCCCNC1=O)c1ccc(Nc2nn(-c3ccccn3)c(=O)[nH]2)cc1. The molecule has 2 aromatic heterocycles. The molecular formula is C20H21N7O3. The third-order valence-electron chi connectivity index (χ3n) is 4.73. The van der Waals surface area contributed by atoms with Crippen LogP contribution in [-0.4, -0.2) is 44.1 Å². The molecule has 3 heterocycles. The van der Waals surface area contributed by atoms with E-state index >= 15 is 0 Å². The molecule has 30 heavy (non-hydrogen) atoms. The number of pyridine rings is 1. The number of hydrogen-bond acceptors (Lipinski definition) is 6. The van der Waals surface area contributed by atoms with Crippen LogP contribution < -0.4 is 21.6 Å².